The van der Waals surface area contributed by atoms with E-state index in [4.69, 9.17) is 5.73 Å². The first-order valence-electron chi connectivity index (χ1n) is 4.85. The summed E-state index contributed by atoms with van der Waals surface area (Å²) in [6.07, 6.45) is 0. The second-order valence-corrected chi connectivity index (χ2v) is 4.50. The molecule has 0 heterocycles. The van der Waals surface area contributed by atoms with Gasteiger partial charge in [-0.3, -0.25) is 0 Å². The van der Waals surface area contributed by atoms with Gasteiger partial charge >= 0.3 is 0 Å². The Bertz CT molecular complexity index is 288. The Morgan fingerprint density at radius 1 is 1.43 bits per heavy atom. The fourth-order valence-corrected chi connectivity index (χ4v) is 1.78. The molecular formula is C11H17BrN2. The highest BCUT2D eigenvalue weighted by molar-refractivity contribution is 9.10. The Hall–Kier alpha value is -0.380. The molecule has 0 saturated carbocycles. The lowest BCUT2D eigenvalue weighted by atomic mass is 10.1. The van der Waals surface area contributed by atoms with E-state index in [-0.39, 0.29) is 0 Å². The predicted octanol–water partition coefficient (Wildman–Crippen LogP) is 2.45. The molecule has 1 aromatic rings. The summed E-state index contributed by atoms with van der Waals surface area (Å²) in [5.74, 6) is 0. The van der Waals surface area contributed by atoms with E-state index in [0.29, 0.717) is 18.6 Å². The fraction of sp³-hybridized carbons (Fsp3) is 0.455. The molecule has 1 rings (SSSR count). The van der Waals surface area contributed by atoms with Crippen molar-refractivity contribution in [2.45, 2.75) is 25.9 Å². The monoisotopic (exact) mass is 256 g/mol. The molecule has 0 amide bonds. The van der Waals surface area contributed by atoms with E-state index >= 15 is 0 Å². The molecule has 0 aliphatic carbocycles. The molecule has 0 fully saturated rings. The van der Waals surface area contributed by atoms with Crippen LogP contribution in [0.3, 0.4) is 0 Å². The zero-order valence-corrected chi connectivity index (χ0v) is 10.2. The van der Waals surface area contributed by atoms with Crippen LogP contribution in [-0.2, 0) is 0 Å². The highest BCUT2D eigenvalue weighted by Gasteiger charge is 2.07. The second kappa shape index (κ2) is 5.49. The average molecular weight is 257 g/mol. The number of nitrogens with two attached hydrogens (primary N) is 1. The zero-order chi connectivity index (χ0) is 10.6. The van der Waals surface area contributed by atoms with Gasteiger partial charge in [0.15, 0.2) is 0 Å². The van der Waals surface area contributed by atoms with Crippen LogP contribution in [-0.4, -0.2) is 12.6 Å². The first kappa shape index (κ1) is 11.7. The van der Waals surface area contributed by atoms with Gasteiger partial charge in [-0.05, 0) is 31.5 Å². The van der Waals surface area contributed by atoms with Gasteiger partial charge in [-0.2, -0.15) is 0 Å². The standard InChI is InChI=1S/C11H17BrN2/c1-8(7-13)14-9(2)10-4-3-5-11(12)6-10/h3-6,8-9,14H,7,13H2,1-2H3. The number of halogens is 1. The summed E-state index contributed by atoms with van der Waals surface area (Å²) in [5, 5.41) is 3.43. The number of benzene rings is 1. The third-order valence-corrected chi connectivity index (χ3v) is 2.73. The Morgan fingerprint density at radius 3 is 2.71 bits per heavy atom. The molecule has 0 aromatic heterocycles. The van der Waals surface area contributed by atoms with E-state index in [2.05, 4.69) is 47.2 Å². The summed E-state index contributed by atoms with van der Waals surface area (Å²) in [6.45, 7) is 4.90. The van der Waals surface area contributed by atoms with E-state index in [1.165, 1.54) is 5.56 Å². The lowest BCUT2D eigenvalue weighted by molar-refractivity contribution is 0.485. The maximum Gasteiger partial charge on any atom is 0.0295 e. The van der Waals surface area contributed by atoms with Gasteiger partial charge in [0.25, 0.3) is 0 Å². The molecule has 14 heavy (non-hydrogen) atoms. The summed E-state index contributed by atoms with van der Waals surface area (Å²) in [4.78, 5) is 0. The van der Waals surface area contributed by atoms with Gasteiger partial charge in [-0.15, -0.1) is 0 Å². The molecule has 0 spiro atoms. The first-order valence-corrected chi connectivity index (χ1v) is 5.64. The average Bonchev–Trinajstić information content (AvgIpc) is 2.17. The summed E-state index contributed by atoms with van der Waals surface area (Å²) < 4.78 is 1.11. The molecule has 2 unspecified atom stereocenters. The highest BCUT2D eigenvalue weighted by Crippen LogP contribution is 2.17. The third-order valence-electron chi connectivity index (χ3n) is 2.24. The molecule has 1 aromatic carbocycles. The fourth-order valence-electron chi connectivity index (χ4n) is 1.37. The number of nitrogens with one attached hydrogen (secondary N) is 1. The van der Waals surface area contributed by atoms with Gasteiger partial charge in [0.1, 0.15) is 0 Å². The minimum Gasteiger partial charge on any atom is -0.329 e. The molecular weight excluding hydrogens is 240 g/mol. The minimum absolute atomic E-state index is 0.339. The summed E-state index contributed by atoms with van der Waals surface area (Å²) >= 11 is 3.46. The highest BCUT2D eigenvalue weighted by atomic mass is 79.9. The number of rotatable bonds is 4. The lowest BCUT2D eigenvalue weighted by Gasteiger charge is -2.19. The minimum atomic E-state index is 0.339. The molecule has 0 aliphatic heterocycles. The van der Waals surface area contributed by atoms with E-state index in [1.54, 1.807) is 0 Å². The van der Waals surface area contributed by atoms with Crippen molar-refractivity contribution in [1.82, 2.24) is 5.32 Å². The molecule has 78 valence electrons. The molecule has 3 heteroatoms. The SMILES string of the molecule is CC(CN)NC(C)c1cccc(Br)c1. The van der Waals surface area contributed by atoms with E-state index in [0.717, 1.165) is 4.47 Å². The summed E-state index contributed by atoms with van der Waals surface area (Å²) in [7, 11) is 0. The van der Waals surface area contributed by atoms with Gasteiger partial charge < -0.3 is 11.1 Å². The van der Waals surface area contributed by atoms with Crippen molar-refractivity contribution >= 4 is 15.9 Å². The Labute approximate surface area is 94.0 Å². The van der Waals surface area contributed by atoms with Gasteiger partial charge in [0.05, 0.1) is 0 Å². The normalized spacial score (nSPS) is 15.1. The van der Waals surface area contributed by atoms with Crippen molar-refractivity contribution in [3.05, 3.63) is 34.3 Å². The van der Waals surface area contributed by atoms with Crippen LogP contribution in [0.1, 0.15) is 25.5 Å². The smallest absolute Gasteiger partial charge is 0.0295 e. The topological polar surface area (TPSA) is 38.0 Å². The van der Waals surface area contributed by atoms with Crippen LogP contribution >= 0.6 is 15.9 Å². The molecule has 0 bridgehead atoms. The largest absolute Gasteiger partial charge is 0.329 e. The Kier molecular flexibility index (Phi) is 4.58. The van der Waals surface area contributed by atoms with Gasteiger partial charge in [0.2, 0.25) is 0 Å². The van der Waals surface area contributed by atoms with Gasteiger partial charge in [0, 0.05) is 23.1 Å². The number of hydrogen-bond donors (Lipinski definition) is 2. The molecule has 2 atom stereocenters. The van der Waals surface area contributed by atoms with Crippen LogP contribution in [0.4, 0.5) is 0 Å². The van der Waals surface area contributed by atoms with Crippen molar-refractivity contribution in [2.75, 3.05) is 6.54 Å². The van der Waals surface area contributed by atoms with Crippen molar-refractivity contribution < 1.29 is 0 Å². The molecule has 0 radical (unpaired) electrons. The summed E-state index contributed by atoms with van der Waals surface area (Å²) in [6, 6.07) is 9.01. The van der Waals surface area contributed by atoms with E-state index in [9.17, 15) is 0 Å². The van der Waals surface area contributed by atoms with Gasteiger partial charge in [-0.25, -0.2) is 0 Å². The van der Waals surface area contributed by atoms with E-state index < -0.39 is 0 Å². The van der Waals surface area contributed by atoms with Gasteiger partial charge in [-0.1, -0.05) is 28.1 Å². The molecule has 2 nitrogen and oxygen atoms in total. The molecule has 0 aliphatic rings. The maximum absolute atomic E-state index is 5.56. The summed E-state index contributed by atoms with van der Waals surface area (Å²) in [5.41, 5.74) is 6.83. The van der Waals surface area contributed by atoms with Crippen LogP contribution in [0.25, 0.3) is 0 Å². The van der Waals surface area contributed by atoms with Crippen molar-refractivity contribution in [2.24, 2.45) is 5.73 Å². The quantitative estimate of drug-likeness (QED) is 0.869. The van der Waals surface area contributed by atoms with Crippen LogP contribution in [0.2, 0.25) is 0 Å². The van der Waals surface area contributed by atoms with Crippen LogP contribution in [0.15, 0.2) is 28.7 Å². The maximum atomic E-state index is 5.56. The third kappa shape index (κ3) is 3.40. The Balaban J connectivity index is 2.64. The van der Waals surface area contributed by atoms with Crippen LogP contribution < -0.4 is 11.1 Å². The van der Waals surface area contributed by atoms with E-state index in [1.807, 2.05) is 12.1 Å². The number of hydrogen-bond acceptors (Lipinski definition) is 2. The van der Waals surface area contributed by atoms with Crippen molar-refractivity contribution in [3.63, 3.8) is 0 Å². The van der Waals surface area contributed by atoms with Crippen LogP contribution in [0, 0.1) is 0 Å². The van der Waals surface area contributed by atoms with Crippen molar-refractivity contribution in [3.8, 4) is 0 Å². The van der Waals surface area contributed by atoms with Crippen LogP contribution in [0.5, 0.6) is 0 Å². The Morgan fingerprint density at radius 2 is 2.14 bits per heavy atom. The first-order chi connectivity index (χ1) is 6.63. The lowest BCUT2D eigenvalue weighted by Crippen LogP contribution is -2.34. The second-order valence-electron chi connectivity index (χ2n) is 3.58. The predicted molar refractivity (Wildman–Crippen MR) is 64.2 cm³/mol. The molecule has 3 N–H and O–H groups in total. The molecule has 0 saturated heterocycles. The van der Waals surface area contributed by atoms with Crippen molar-refractivity contribution in [1.29, 1.82) is 0 Å². The zero-order valence-electron chi connectivity index (χ0n) is 8.63.